The van der Waals surface area contributed by atoms with Crippen LogP contribution in [-0.4, -0.2) is 54.9 Å². The van der Waals surface area contributed by atoms with Crippen molar-refractivity contribution >= 4 is 22.9 Å². The standard InChI is InChI=1S/C23H26N4O3S/c1-29-18-9-7-17(8-10-18)24-21(28)15-27-13-11-16(12-14-27)22-25-26-23(31-22)19-5-3-4-6-20(19)30-2/h3-10,16H,11-15H2,1-2H3,(H,24,28). The van der Waals surface area contributed by atoms with Gasteiger partial charge in [-0.3, -0.25) is 9.69 Å². The van der Waals surface area contributed by atoms with Gasteiger partial charge in [-0.25, -0.2) is 0 Å². The Labute approximate surface area is 186 Å². The quantitative estimate of drug-likeness (QED) is 0.600. The second-order valence-electron chi connectivity index (χ2n) is 7.47. The number of piperidine rings is 1. The van der Waals surface area contributed by atoms with Gasteiger partial charge in [0.15, 0.2) is 5.01 Å². The summed E-state index contributed by atoms with van der Waals surface area (Å²) in [6, 6.07) is 15.2. The lowest BCUT2D eigenvalue weighted by molar-refractivity contribution is -0.117. The van der Waals surface area contributed by atoms with Gasteiger partial charge in [0.25, 0.3) is 0 Å². The summed E-state index contributed by atoms with van der Waals surface area (Å²) in [5, 5.41) is 13.7. The Kier molecular flexibility index (Phi) is 6.79. The van der Waals surface area contributed by atoms with Gasteiger partial charge < -0.3 is 14.8 Å². The van der Waals surface area contributed by atoms with Gasteiger partial charge in [-0.2, -0.15) is 0 Å². The fraction of sp³-hybridized carbons (Fsp3) is 0.348. The number of aromatic nitrogens is 2. The smallest absolute Gasteiger partial charge is 0.238 e. The normalized spacial score (nSPS) is 14.9. The molecule has 4 rings (SSSR count). The zero-order chi connectivity index (χ0) is 21.6. The summed E-state index contributed by atoms with van der Waals surface area (Å²) in [5.74, 6) is 1.95. The number of rotatable bonds is 7. The van der Waals surface area contributed by atoms with Gasteiger partial charge in [0.05, 0.1) is 26.3 Å². The maximum absolute atomic E-state index is 12.4. The van der Waals surface area contributed by atoms with Gasteiger partial charge in [-0.1, -0.05) is 23.5 Å². The molecule has 0 unspecified atom stereocenters. The first-order valence-corrected chi connectivity index (χ1v) is 11.1. The Hall–Kier alpha value is -2.97. The van der Waals surface area contributed by atoms with Crippen LogP contribution in [0, 0.1) is 0 Å². The number of carbonyl (C=O) groups excluding carboxylic acids is 1. The lowest BCUT2D eigenvalue weighted by atomic mass is 9.98. The number of para-hydroxylation sites is 1. The minimum atomic E-state index is -0.00186. The average molecular weight is 439 g/mol. The number of nitrogens with one attached hydrogen (secondary N) is 1. The van der Waals surface area contributed by atoms with Crippen molar-refractivity contribution in [3.8, 4) is 22.1 Å². The fourth-order valence-electron chi connectivity index (χ4n) is 3.75. The molecule has 31 heavy (non-hydrogen) atoms. The Morgan fingerprint density at radius 1 is 1.06 bits per heavy atom. The van der Waals surface area contributed by atoms with Crippen LogP contribution in [0.5, 0.6) is 11.5 Å². The van der Waals surface area contributed by atoms with Gasteiger partial charge in [0.1, 0.15) is 16.5 Å². The Bertz CT molecular complexity index is 1010. The summed E-state index contributed by atoms with van der Waals surface area (Å²) in [6.45, 7) is 2.12. The lowest BCUT2D eigenvalue weighted by Gasteiger charge is -2.30. The molecule has 1 amide bonds. The first-order chi connectivity index (χ1) is 15.2. The van der Waals surface area contributed by atoms with E-state index in [1.54, 1.807) is 25.6 Å². The number of methoxy groups -OCH3 is 2. The number of nitrogens with zero attached hydrogens (tertiary/aromatic N) is 3. The van der Waals surface area contributed by atoms with Gasteiger partial charge in [-0.15, -0.1) is 10.2 Å². The number of anilines is 1. The topological polar surface area (TPSA) is 76.6 Å². The molecule has 0 atom stereocenters. The summed E-state index contributed by atoms with van der Waals surface area (Å²) in [7, 11) is 3.29. The van der Waals surface area contributed by atoms with Crippen molar-refractivity contribution in [2.24, 2.45) is 0 Å². The van der Waals surface area contributed by atoms with E-state index in [2.05, 4.69) is 20.4 Å². The number of amides is 1. The van der Waals surface area contributed by atoms with E-state index >= 15 is 0 Å². The van der Waals surface area contributed by atoms with Gasteiger partial charge in [0.2, 0.25) is 5.91 Å². The molecule has 1 saturated heterocycles. The number of carbonyl (C=O) groups is 1. The molecular formula is C23H26N4O3S. The summed E-state index contributed by atoms with van der Waals surface area (Å²) in [6.07, 6.45) is 1.94. The first-order valence-electron chi connectivity index (χ1n) is 10.3. The van der Waals surface area contributed by atoms with E-state index in [1.807, 2.05) is 48.5 Å². The zero-order valence-electron chi connectivity index (χ0n) is 17.7. The van der Waals surface area contributed by atoms with Gasteiger partial charge in [0, 0.05) is 11.6 Å². The molecule has 2 heterocycles. The number of benzene rings is 2. The van der Waals surface area contributed by atoms with Crippen LogP contribution < -0.4 is 14.8 Å². The van der Waals surface area contributed by atoms with Crippen LogP contribution in [0.4, 0.5) is 5.69 Å². The van der Waals surface area contributed by atoms with Crippen molar-refractivity contribution in [2.75, 3.05) is 39.2 Å². The molecule has 1 fully saturated rings. The highest BCUT2D eigenvalue weighted by Gasteiger charge is 2.25. The van der Waals surface area contributed by atoms with Crippen LogP contribution in [0.25, 0.3) is 10.6 Å². The van der Waals surface area contributed by atoms with E-state index in [-0.39, 0.29) is 5.91 Å². The minimum absolute atomic E-state index is 0.00186. The number of ether oxygens (including phenoxy) is 2. The molecule has 1 aliphatic rings. The second kappa shape index (κ2) is 9.89. The van der Waals surface area contributed by atoms with E-state index in [0.717, 1.165) is 58.7 Å². The highest BCUT2D eigenvalue weighted by atomic mass is 32.1. The fourth-order valence-corrected chi connectivity index (χ4v) is 4.79. The molecule has 1 N–H and O–H groups in total. The third-order valence-electron chi connectivity index (χ3n) is 5.46. The second-order valence-corrected chi connectivity index (χ2v) is 8.48. The first kappa shape index (κ1) is 21.3. The van der Waals surface area contributed by atoms with Crippen molar-refractivity contribution in [1.82, 2.24) is 15.1 Å². The van der Waals surface area contributed by atoms with Crippen LogP contribution in [0.15, 0.2) is 48.5 Å². The van der Waals surface area contributed by atoms with Crippen molar-refractivity contribution in [3.63, 3.8) is 0 Å². The Morgan fingerprint density at radius 2 is 1.81 bits per heavy atom. The van der Waals surface area contributed by atoms with Crippen molar-refractivity contribution in [2.45, 2.75) is 18.8 Å². The largest absolute Gasteiger partial charge is 0.497 e. The Morgan fingerprint density at radius 3 is 2.52 bits per heavy atom. The number of hydrogen-bond acceptors (Lipinski definition) is 7. The zero-order valence-corrected chi connectivity index (χ0v) is 18.5. The predicted molar refractivity (Wildman–Crippen MR) is 122 cm³/mol. The predicted octanol–water partition coefficient (Wildman–Crippen LogP) is 4.04. The van der Waals surface area contributed by atoms with Gasteiger partial charge in [-0.05, 0) is 62.3 Å². The SMILES string of the molecule is COc1ccc(NC(=O)CN2CCC(c3nnc(-c4ccccc4OC)s3)CC2)cc1. The lowest BCUT2D eigenvalue weighted by Crippen LogP contribution is -2.38. The monoisotopic (exact) mass is 438 g/mol. The highest BCUT2D eigenvalue weighted by molar-refractivity contribution is 7.14. The summed E-state index contributed by atoms with van der Waals surface area (Å²) in [5.41, 5.74) is 1.75. The molecule has 7 nitrogen and oxygen atoms in total. The molecule has 2 aromatic carbocycles. The molecule has 0 aliphatic carbocycles. The number of likely N-dealkylation sites (tertiary alicyclic amines) is 1. The minimum Gasteiger partial charge on any atom is -0.497 e. The van der Waals surface area contributed by atoms with E-state index in [1.165, 1.54) is 0 Å². The molecular weight excluding hydrogens is 412 g/mol. The van der Waals surface area contributed by atoms with Crippen LogP contribution in [0.2, 0.25) is 0 Å². The molecule has 0 saturated carbocycles. The van der Waals surface area contributed by atoms with E-state index in [0.29, 0.717) is 12.5 Å². The van der Waals surface area contributed by atoms with E-state index in [9.17, 15) is 4.79 Å². The van der Waals surface area contributed by atoms with Crippen molar-refractivity contribution in [3.05, 3.63) is 53.5 Å². The molecule has 0 bridgehead atoms. The third-order valence-corrected chi connectivity index (χ3v) is 6.57. The highest BCUT2D eigenvalue weighted by Crippen LogP contribution is 2.36. The van der Waals surface area contributed by atoms with Crippen LogP contribution >= 0.6 is 11.3 Å². The molecule has 162 valence electrons. The van der Waals surface area contributed by atoms with Crippen molar-refractivity contribution < 1.29 is 14.3 Å². The molecule has 8 heteroatoms. The number of hydrogen-bond donors (Lipinski definition) is 1. The van der Waals surface area contributed by atoms with E-state index < -0.39 is 0 Å². The summed E-state index contributed by atoms with van der Waals surface area (Å²) in [4.78, 5) is 14.6. The Balaban J connectivity index is 1.29. The van der Waals surface area contributed by atoms with Gasteiger partial charge >= 0.3 is 0 Å². The third kappa shape index (κ3) is 5.21. The van der Waals surface area contributed by atoms with Crippen LogP contribution in [-0.2, 0) is 4.79 Å². The molecule has 1 aliphatic heterocycles. The molecule has 0 spiro atoms. The maximum Gasteiger partial charge on any atom is 0.238 e. The average Bonchev–Trinajstić information content (AvgIpc) is 3.30. The van der Waals surface area contributed by atoms with Crippen LogP contribution in [0.3, 0.4) is 0 Å². The maximum atomic E-state index is 12.4. The molecule has 3 aromatic rings. The molecule has 1 aromatic heterocycles. The van der Waals surface area contributed by atoms with Crippen molar-refractivity contribution in [1.29, 1.82) is 0 Å². The van der Waals surface area contributed by atoms with Crippen LogP contribution in [0.1, 0.15) is 23.8 Å². The summed E-state index contributed by atoms with van der Waals surface area (Å²) < 4.78 is 10.6. The van der Waals surface area contributed by atoms with E-state index in [4.69, 9.17) is 9.47 Å². The molecule has 0 radical (unpaired) electrons. The summed E-state index contributed by atoms with van der Waals surface area (Å²) >= 11 is 1.63.